The summed E-state index contributed by atoms with van der Waals surface area (Å²) in [6, 6.07) is 20.1. The first-order valence-electron chi connectivity index (χ1n) is 13.7. The molecule has 2 N–H and O–H groups in total. The lowest BCUT2D eigenvalue weighted by Gasteiger charge is -2.16. The average Bonchev–Trinajstić information content (AvgIpc) is 3.43. The van der Waals surface area contributed by atoms with Crippen LogP contribution in [0, 0.1) is 6.92 Å². The number of anilines is 2. The van der Waals surface area contributed by atoms with E-state index in [0.29, 0.717) is 39.7 Å². The van der Waals surface area contributed by atoms with Crippen LogP contribution >= 0.6 is 23.1 Å². The third-order valence-electron chi connectivity index (χ3n) is 6.55. The lowest BCUT2D eigenvalue weighted by atomic mass is 10.0. The first-order chi connectivity index (χ1) is 20.8. The number of methoxy groups -OCH3 is 2. The van der Waals surface area contributed by atoms with E-state index in [0.717, 1.165) is 21.6 Å². The first kappa shape index (κ1) is 31.7. The second-order valence-corrected chi connectivity index (χ2v) is 11.7. The number of carbonyl (C=O) groups excluding carboxylic acids is 3. The van der Waals surface area contributed by atoms with Gasteiger partial charge >= 0.3 is 5.97 Å². The molecule has 43 heavy (non-hydrogen) atoms. The molecule has 0 spiro atoms. The Morgan fingerprint density at radius 3 is 2.33 bits per heavy atom. The number of thioether (sulfide) groups is 1. The topological polar surface area (TPSA) is 103 Å². The Balaban J connectivity index is 1.49. The molecule has 224 valence electrons. The van der Waals surface area contributed by atoms with E-state index in [-0.39, 0.29) is 18.4 Å². The predicted octanol–water partition coefficient (Wildman–Crippen LogP) is 7.68. The second kappa shape index (κ2) is 14.8. The van der Waals surface area contributed by atoms with Gasteiger partial charge in [-0.15, -0.1) is 23.1 Å². The lowest BCUT2D eigenvalue weighted by Crippen LogP contribution is -2.25. The van der Waals surface area contributed by atoms with E-state index in [1.165, 1.54) is 37.3 Å². The van der Waals surface area contributed by atoms with Gasteiger partial charge in [0, 0.05) is 27.1 Å². The molecule has 4 aromatic rings. The molecule has 1 aromatic heterocycles. The van der Waals surface area contributed by atoms with E-state index >= 15 is 0 Å². The van der Waals surface area contributed by atoms with Crippen LogP contribution in [0.25, 0.3) is 11.1 Å². The highest BCUT2D eigenvalue weighted by Gasteiger charge is 2.26. The molecular formula is C33H34N2O6S2. The number of carbonyl (C=O) groups is 3. The maximum absolute atomic E-state index is 13.5. The van der Waals surface area contributed by atoms with E-state index in [9.17, 15) is 14.4 Å². The summed E-state index contributed by atoms with van der Waals surface area (Å²) in [5, 5.41) is 7.75. The number of nitrogens with one attached hydrogen (secondary N) is 2. The number of aryl methyl sites for hydroxylation is 1. The van der Waals surface area contributed by atoms with E-state index in [4.69, 9.17) is 14.2 Å². The van der Waals surface area contributed by atoms with E-state index in [1.807, 2.05) is 61.7 Å². The molecule has 1 atom stereocenters. The summed E-state index contributed by atoms with van der Waals surface area (Å²) < 4.78 is 15.9. The van der Waals surface area contributed by atoms with Crippen molar-refractivity contribution in [2.24, 2.45) is 0 Å². The molecule has 0 saturated carbocycles. The Labute approximate surface area is 259 Å². The van der Waals surface area contributed by atoms with Crippen molar-refractivity contribution in [3.05, 3.63) is 88.8 Å². The van der Waals surface area contributed by atoms with Crippen LogP contribution in [0.4, 0.5) is 10.7 Å². The molecule has 0 fully saturated rings. The summed E-state index contributed by atoms with van der Waals surface area (Å²) in [5.41, 5.74) is 4.06. The van der Waals surface area contributed by atoms with Gasteiger partial charge in [0.1, 0.15) is 10.6 Å². The highest BCUT2D eigenvalue weighted by atomic mass is 32.2. The number of thiophene rings is 1. The molecule has 0 radical (unpaired) electrons. The zero-order valence-electron chi connectivity index (χ0n) is 24.7. The third-order valence-corrected chi connectivity index (χ3v) is 8.80. The van der Waals surface area contributed by atoms with E-state index < -0.39 is 11.2 Å². The molecule has 3 aromatic carbocycles. The maximum atomic E-state index is 13.5. The van der Waals surface area contributed by atoms with Crippen molar-refractivity contribution < 1.29 is 28.6 Å². The number of rotatable bonds is 12. The van der Waals surface area contributed by atoms with Gasteiger partial charge in [-0.25, -0.2) is 4.79 Å². The Morgan fingerprint density at radius 1 is 0.907 bits per heavy atom. The quantitative estimate of drug-likeness (QED) is 0.124. The molecule has 10 heteroatoms. The minimum atomic E-state index is -0.478. The largest absolute Gasteiger partial charge is 0.493 e. The van der Waals surface area contributed by atoms with Crippen LogP contribution in [0.3, 0.4) is 0 Å². The Hall–Kier alpha value is -4.28. The molecule has 0 aliphatic heterocycles. The SMILES string of the molecule is CCOC(=O)c1c(-c2ccc(C)cc2)csc1NC(=O)C(CC)Sc1cccc(NC(=O)c2ccc(OC)c(OC)c2)c1. The van der Waals surface area contributed by atoms with Crippen LogP contribution in [0.15, 0.2) is 77.0 Å². The van der Waals surface area contributed by atoms with Gasteiger partial charge in [0.15, 0.2) is 11.5 Å². The number of hydrogen-bond donors (Lipinski definition) is 2. The Kier molecular flexibility index (Phi) is 10.9. The lowest BCUT2D eigenvalue weighted by molar-refractivity contribution is -0.115. The zero-order chi connectivity index (χ0) is 30.9. The molecule has 0 bridgehead atoms. The molecule has 0 aliphatic carbocycles. The average molecular weight is 619 g/mol. The number of amides is 2. The fourth-order valence-electron chi connectivity index (χ4n) is 4.31. The standard InChI is InChI=1S/C33H34N2O6S2/c1-6-28(31(37)35-32-29(33(38)41-7-2)25(19-42-32)21-13-11-20(3)12-14-21)43-24-10-8-9-23(18-24)34-30(36)22-15-16-26(39-4)27(17-22)40-5/h8-19,28H,6-7H2,1-5H3,(H,34,36)(H,35,37). The number of esters is 1. The zero-order valence-corrected chi connectivity index (χ0v) is 26.3. The summed E-state index contributed by atoms with van der Waals surface area (Å²) in [5.74, 6) is -0.0199. The van der Waals surface area contributed by atoms with Gasteiger partial charge in [0.2, 0.25) is 5.91 Å². The molecule has 2 amide bonds. The van der Waals surface area contributed by atoms with Crippen LogP contribution in [-0.2, 0) is 9.53 Å². The second-order valence-electron chi connectivity index (χ2n) is 9.50. The van der Waals surface area contributed by atoms with Crippen molar-refractivity contribution in [2.45, 2.75) is 37.3 Å². The number of hydrogen-bond acceptors (Lipinski definition) is 8. The van der Waals surface area contributed by atoms with E-state index in [2.05, 4.69) is 10.6 Å². The summed E-state index contributed by atoms with van der Waals surface area (Å²) in [6.45, 7) is 5.90. The Morgan fingerprint density at radius 2 is 1.65 bits per heavy atom. The van der Waals surface area contributed by atoms with Gasteiger partial charge in [-0.2, -0.15) is 0 Å². The fourth-order valence-corrected chi connectivity index (χ4v) is 6.28. The van der Waals surface area contributed by atoms with Crippen molar-refractivity contribution in [1.29, 1.82) is 0 Å². The Bertz CT molecular complexity index is 1600. The van der Waals surface area contributed by atoms with Crippen molar-refractivity contribution in [2.75, 3.05) is 31.5 Å². The van der Waals surface area contributed by atoms with Gasteiger partial charge in [-0.05, 0) is 62.2 Å². The van der Waals surface area contributed by atoms with Crippen LogP contribution in [0.5, 0.6) is 11.5 Å². The summed E-state index contributed by atoms with van der Waals surface area (Å²) in [4.78, 5) is 40.2. The summed E-state index contributed by atoms with van der Waals surface area (Å²) >= 11 is 2.68. The van der Waals surface area contributed by atoms with Crippen molar-refractivity contribution >= 4 is 51.6 Å². The summed E-state index contributed by atoms with van der Waals surface area (Å²) in [6.07, 6.45) is 0.545. The number of ether oxygens (including phenoxy) is 3. The molecule has 0 saturated heterocycles. The van der Waals surface area contributed by atoms with Gasteiger partial charge in [-0.3, -0.25) is 9.59 Å². The summed E-state index contributed by atoms with van der Waals surface area (Å²) in [7, 11) is 3.05. The smallest absolute Gasteiger partial charge is 0.341 e. The van der Waals surface area contributed by atoms with Gasteiger partial charge in [-0.1, -0.05) is 42.8 Å². The molecule has 8 nitrogen and oxygen atoms in total. The van der Waals surface area contributed by atoms with Crippen LogP contribution in [0.1, 0.15) is 46.5 Å². The molecule has 1 heterocycles. The number of benzene rings is 3. The third kappa shape index (κ3) is 7.77. The molecule has 0 aliphatic rings. The fraction of sp³-hybridized carbons (Fsp3) is 0.242. The minimum absolute atomic E-state index is 0.224. The van der Waals surface area contributed by atoms with Crippen molar-refractivity contribution in [3.63, 3.8) is 0 Å². The van der Waals surface area contributed by atoms with Crippen molar-refractivity contribution in [1.82, 2.24) is 0 Å². The van der Waals surface area contributed by atoms with Crippen LogP contribution < -0.4 is 20.1 Å². The normalized spacial score (nSPS) is 11.4. The van der Waals surface area contributed by atoms with Gasteiger partial charge in [0.25, 0.3) is 5.91 Å². The monoisotopic (exact) mass is 618 g/mol. The predicted molar refractivity (Wildman–Crippen MR) is 173 cm³/mol. The molecule has 1 unspecified atom stereocenters. The van der Waals surface area contributed by atoms with Crippen LogP contribution in [-0.4, -0.2) is 43.9 Å². The maximum Gasteiger partial charge on any atom is 0.341 e. The van der Waals surface area contributed by atoms with Crippen LogP contribution in [0.2, 0.25) is 0 Å². The van der Waals surface area contributed by atoms with Gasteiger partial charge in [0.05, 0.1) is 26.1 Å². The molecule has 4 rings (SSSR count). The van der Waals surface area contributed by atoms with E-state index in [1.54, 1.807) is 31.2 Å². The highest BCUT2D eigenvalue weighted by Crippen LogP contribution is 2.37. The van der Waals surface area contributed by atoms with Gasteiger partial charge < -0.3 is 24.8 Å². The first-order valence-corrected chi connectivity index (χ1v) is 15.5. The molecular weight excluding hydrogens is 585 g/mol. The minimum Gasteiger partial charge on any atom is -0.493 e. The highest BCUT2D eigenvalue weighted by molar-refractivity contribution is 8.00. The van der Waals surface area contributed by atoms with Crippen molar-refractivity contribution in [3.8, 4) is 22.6 Å².